The summed E-state index contributed by atoms with van der Waals surface area (Å²) in [6.07, 6.45) is 5.37. The van der Waals surface area contributed by atoms with Gasteiger partial charge >= 0.3 is 0 Å². The number of aliphatic hydroxyl groups is 4. The summed E-state index contributed by atoms with van der Waals surface area (Å²) in [6.45, 7) is 4.99. The van der Waals surface area contributed by atoms with Gasteiger partial charge in [-0.05, 0) is 105 Å². The summed E-state index contributed by atoms with van der Waals surface area (Å²) in [5, 5.41) is 44.0. The van der Waals surface area contributed by atoms with Crippen molar-refractivity contribution < 1.29 is 30.0 Å². The van der Waals surface area contributed by atoms with Crippen molar-refractivity contribution in [2.24, 2.45) is 5.41 Å². The highest BCUT2D eigenvalue weighted by molar-refractivity contribution is 6.10. The van der Waals surface area contributed by atoms with Crippen molar-refractivity contribution in [3.05, 3.63) is 112 Å². The number of methoxy groups -OCH3 is 1. The van der Waals surface area contributed by atoms with E-state index in [0.717, 1.165) is 29.5 Å². The fraction of sp³-hybridized carbons (Fsp3) is 0.475. The Kier molecular flexibility index (Phi) is 11.4. The molecule has 47 heavy (non-hydrogen) atoms. The van der Waals surface area contributed by atoms with E-state index in [9.17, 15) is 25.2 Å². The Labute approximate surface area is 279 Å². The van der Waals surface area contributed by atoms with Crippen LogP contribution in [0.3, 0.4) is 0 Å². The molecule has 2 bridgehead atoms. The van der Waals surface area contributed by atoms with E-state index < -0.39 is 23.2 Å². The molecule has 1 fully saturated rings. The predicted molar refractivity (Wildman–Crippen MR) is 185 cm³/mol. The quantitative estimate of drug-likeness (QED) is 0.163. The molecule has 3 aromatic rings. The second-order valence-corrected chi connectivity index (χ2v) is 14.0. The molecule has 252 valence electrons. The van der Waals surface area contributed by atoms with Crippen LogP contribution in [0.1, 0.15) is 90.9 Å². The third-order valence-corrected chi connectivity index (χ3v) is 10.7. The van der Waals surface area contributed by atoms with Crippen molar-refractivity contribution in [3.63, 3.8) is 0 Å². The zero-order chi connectivity index (χ0) is 33.6. The summed E-state index contributed by atoms with van der Waals surface area (Å²) in [5.41, 5.74) is 3.56. The van der Waals surface area contributed by atoms with Gasteiger partial charge in [0.15, 0.2) is 5.78 Å². The first kappa shape index (κ1) is 35.0. The molecule has 0 aromatic heterocycles. The third-order valence-electron chi connectivity index (χ3n) is 10.7. The van der Waals surface area contributed by atoms with Crippen LogP contribution in [0.25, 0.3) is 0 Å². The van der Waals surface area contributed by atoms with Gasteiger partial charge in [0, 0.05) is 36.2 Å². The molecule has 3 aromatic carbocycles. The Balaban J connectivity index is 1.58. The maximum atomic E-state index is 14.3. The minimum absolute atomic E-state index is 0.0867. The number of ketones is 1. The van der Waals surface area contributed by atoms with Crippen molar-refractivity contribution in [3.8, 4) is 5.75 Å². The monoisotopic (exact) mass is 641 g/mol. The topological polar surface area (TPSA) is 110 Å². The maximum absolute atomic E-state index is 14.3. The molecule has 0 spiro atoms. The molecule has 5 unspecified atom stereocenters. The molecule has 1 saturated carbocycles. The van der Waals surface area contributed by atoms with Gasteiger partial charge in [0.05, 0.1) is 31.5 Å². The van der Waals surface area contributed by atoms with Crippen LogP contribution >= 0.6 is 0 Å². The first-order valence-corrected chi connectivity index (χ1v) is 17.0. The Bertz CT molecular complexity index is 1520. The second kappa shape index (κ2) is 15.3. The van der Waals surface area contributed by atoms with Crippen molar-refractivity contribution in [1.29, 1.82) is 0 Å². The van der Waals surface area contributed by atoms with Gasteiger partial charge in [-0.15, -0.1) is 0 Å². The number of carbonyl (C=O) groups is 1. The van der Waals surface area contributed by atoms with Crippen molar-refractivity contribution >= 4 is 5.78 Å². The normalized spacial score (nSPS) is 25.6. The van der Waals surface area contributed by atoms with Gasteiger partial charge in [-0.3, -0.25) is 9.69 Å². The van der Waals surface area contributed by atoms with Gasteiger partial charge < -0.3 is 25.2 Å². The predicted octanol–water partition coefficient (Wildman–Crippen LogP) is 5.82. The van der Waals surface area contributed by atoms with Crippen LogP contribution in [-0.4, -0.2) is 75.7 Å². The molecule has 7 nitrogen and oxygen atoms in total. The molecule has 6 rings (SSSR count). The van der Waals surface area contributed by atoms with Crippen LogP contribution in [-0.2, 0) is 13.0 Å². The van der Waals surface area contributed by atoms with E-state index in [1.165, 1.54) is 5.57 Å². The number of fused-ring (bicyclic) bond motifs is 8. The summed E-state index contributed by atoms with van der Waals surface area (Å²) in [5.74, 6) is 0.481. The number of nitrogens with zero attached hydrogens (tertiary/aromatic N) is 1. The first-order valence-electron chi connectivity index (χ1n) is 17.0. The molecular weight excluding hydrogens is 590 g/mol. The average molecular weight is 642 g/mol. The molecule has 0 heterocycles. The van der Waals surface area contributed by atoms with E-state index >= 15 is 0 Å². The lowest BCUT2D eigenvalue weighted by Gasteiger charge is -2.46. The summed E-state index contributed by atoms with van der Waals surface area (Å²) >= 11 is 0. The third kappa shape index (κ3) is 8.04. The number of aliphatic hydroxyl groups excluding tert-OH is 3. The van der Waals surface area contributed by atoms with Crippen molar-refractivity contribution in [1.82, 2.24) is 4.90 Å². The molecule has 7 heteroatoms. The van der Waals surface area contributed by atoms with Gasteiger partial charge in [-0.2, -0.15) is 0 Å². The van der Waals surface area contributed by atoms with Gasteiger partial charge in [0.1, 0.15) is 5.75 Å². The van der Waals surface area contributed by atoms with Gasteiger partial charge in [0.25, 0.3) is 0 Å². The molecule has 3 aliphatic carbocycles. The second-order valence-electron chi connectivity index (χ2n) is 14.0. The molecule has 5 atom stereocenters. The number of benzene rings is 3. The summed E-state index contributed by atoms with van der Waals surface area (Å²) in [6, 6.07) is 23.2. The van der Waals surface area contributed by atoms with Crippen LogP contribution in [0.2, 0.25) is 0 Å². The number of ether oxygens (including phenoxy) is 1. The average Bonchev–Trinajstić information content (AvgIpc) is 3.32. The zero-order valence-corrected chi connectivity index (χ0v) is 28.1. The maximum Gasteiger partial charge on any atom is 0.193 e. The Morgan fingerprint density at radius 1 is 1.04 bits per heavy atom. The fourth-order valence-electron chi connectivity index (χ4n) is 7.85. The van der Waals surface area contributed by atoms with Gasteiger partial charge in [0.2, 0.25) is 0 Å². The summed E-state index contributed by atoms with van der Waals surface area (Å²) in [7, 11) is 1.60. The van der Waals surface area contributed by atoms with Crippen molar-refractivity contribution in [2.75, 3.05) is 26.8 Å². The zero-order valence-electron chi connectivity index (χ0n) is 28.1. The van der Waals surface area contributed by atoms with Crippen LogP contribution in [0, 0.1) is 5.41 Å². The Hall–Kier alpha value is -3.33. The molecule has 4 N–H and O–H groups in total. The van der Waals surface area contributed by atoms with Crippen LogP contribution in [0.5, 0.6) is 5.75 Å². The number of rotatable bonds is 10. The lowest BCUT2D eigenvalue weighted by Crippen LogP contribution is -2.53. The van der Waals surface area contributed by atoms with E-state index in [-0.39, 0.29) is 24.9 Å². The highest BCUT2D eigenvalue weighted by Crippen LogP contribution is 2.59. The highest BCUT2D eigenvalue weighted by atomic mass is 16.5. The lowest BCUT2D eigenvalue weighted by molar-refractivity contribution is -0.0907. The minimum Gasteiger partial charge on any atom is -0.497 e. The van der Waals surface area contributed by atoms with E-state index in [1.807, 2.05) is 42.5 Å². The first-order chi connectivity index (χ1) is 22.5. The number of hydrogen-bond acceptors (Lipinski definition) is 7. The van der Waals surface area contributed by atoms with Crippen LogP contribution < -0.4 is 4.74 Å². The van der Waals surface area contributed by atoms with E-state index in [1.54, 1.807) is 31.4 Å². The standard InChI is InChI=1S/C40H51NO6/c1-28-8-7-20-39(2)37(19-21-40(39,46)27-41(25-33(44)26-42)24-29-9-5-4-6-10-29)35-18-12-30(22-32(43)15-11-28)23-36(35)38(45)31-13-16-34(47-3)17-14-31/h4-6,8-10,12-14,16-18,23,32-33,37,42-44,46H,7,11,15,19-22,24-27H2,1-3H3. The SMILES string of the molecule is COc1ccc(C(=O)c2cc3ccc2C2CCC(O)(CN(Cc4ccccc4)CC(O)CO)C2(C)CCC=C(C)CCC(O)C3)cc1. The molecule has 0 amide bonds. The molecule has 3 aliphatic rings. The Morgan fingerprint density at radius 2 is 1.79 bits per heavy atom. The van der Waals surface area contributed by atoms with E-state index in [2.05, 4.69) is 30.9 Å². The molecule has 0 radical (unpaired) electrons. The van der Waals surface area contributed by atoms with E-state index in [4.69, 9.17) is 4.74 Å². The molecular formula is C40H51NO6. The minimum atomic E-state index is -1.13. The largest absolute Gasteiger partial charge is 0.497 e. The number of carbonyl (C=O) groups excluding carboxylic acids is 1. The molecule has 0 saturated heterocycles. The van der Waals surface area contributed by atoms with Crippen LogP contribution in [0.4, 0.5) is 0 Å². The van der Waals surface area contributed by atoms with Crippen LogP contribution in [0.15, 0.2) is 84.4 Å². The lowest BCUT2D eigenvalue weighted by atomic mass is 9.64. The number of allylic oxidation sites excluding steroid dienone is 2. The molecule has 0 aliphatic heterocycles. The fourth-order valence-corrected chi connectivity index (χ4v) is 7.85. The van der Waals surface area contributed by atoms with E-state index in [0.29, 0.717) is 62.1 Å². The van der Waals surface area contributed by atoms with Gasteiger partial charge in [-0.25, -0.2) is 0 Å². The van der Waals surface area contributed by atoms with Gasteiger partial charge in [-0.1, -0.05) is 61.0 Å². The Morgan fingerprint density at radius 3 is 2.49 bits per heavy atom. The van der Waals surface area contributed by atoms with Crippen molar-refractivity contribution in [2.45, 2.75) is 89.1 Å². The summed E-state index contributed by atoms with van der Waals surface area (Å²) < 4.78 is 5.33. The number of hydrogen-bond donors (Lipinski definition) is 4. The smallest absolute Gasteiger partial charge is 0.193 e. The highest BCUT2D eigenvalue weighted by Gasteiger charge is 2.57. The summed E-state index contributed by atoms with van der Waals surface area (Å²) in [4.78, 5) is 16.3.